The fraction of sp³-hybridized carbons (Fsp3) is 0.320. The first-order valence-corrected chi connectivity index (χ1v) is 10.7. The molecule has 0 atom stereocenters. The van der Waals surface area contributed by atoms with E-state index in [1.807, 2.05) is 17.0 Å². The molecule has 2 aromatic carbocycles. The Labute approximate surface area is 188 Å². The highest BCUT2D eigenvalue weighted by Gasteiger charge is 2.20. The van der Waals surface area contributed by atoms with E-state index in [1.54, 1.807) is 42.5 Å². The van der Waals surface area contributed by atoms with E-state index in [0.29, 0.717) is 17.7 Å². The third-order valence-corrected chi connectivity index (χ3v) is 5.51. The van der Waals surface area contributed by atoms with Crippen molar-refractivity contribution in [1.82, 2.24) is 9.80 Å². The van der Waals surface area contributed by atoms with Crippen LogP contribution < -0.4 is 5.32 Å². The normalized spacial score (nSPS) is 14.4. The molecule has 1 fully saturated rings. The average molecular weight is 436 g/mol. The van der Waals surface area contributed by atoms with E-state index < -0.39 is 5.97 Å². The van der Waals surface area contributed by atoms with Crippen molar-refractivity contribution in [3.8, 4) is 0 Å². The number of methoxy groups -OCH3 is 1. The quantitative estimate of drug-likeness (QED) is 0.535. The highest BCUT2D eigenvalue weighted by atomic mass is 16.5. The number of nitrogens with one attached hydrogen (secondary N) is 1. The van der Waals surface area contributed by atoms with Crippen molar-refractivity contribution in [2.24, 2.45) is 0 Å². The predicted octanol–water partition coefficient (Wildman–Crippen LogP) is 2.83. The predicted molar refractivity (Wildman–Crippen MR) is 124 cm³/mol. The van der Waals surface area contributed by atoms with Gasteiger partial charge in [0, 0.05) is 37.9 Å². The Morgan fingerprint density at radius 3 is 2.22 bits per heavy atom. The van der Waals surface area contributed by atoms with Crippen molar-refractivity contribution in [2.75, 3.05) is 45.2 Å². The van der Waals surface area contributed by atoms with E-state index in [9.17, 15) is 14.4 Å². The molecule has 1 heterocycles. The van der Waals surface area contributed by atoms with Crippen LogP contribution in [-0.4, -0.2) is 67.4 Å². The number of esters is 1. The number of rotatable bonds is 7. The number of nitrogens with zero attached hydrogens (tertiary/aromatic N) is 2. The molecule has 3 rings (SSSR count). The molecule has 0 saturated carbocycles. The molecule has 1 N–H and O–H groups in total. The SMILES string of the molecule is CCN1CCN(C(=O)Cc2ccc(NC(=O)/C=C/c3ccc(C(=O)OC)cc3)cc2)CC1. The van der Waals surface area contributed by atoms with Crippen LogP contribution in [0, 0.1) is 0 Å². The van der Waals surface area contributed by atoms with E-state index in [0.717, 1.165) is 43.9 Å². The van der Waals surface area contributed by atoms with Gasteiger partial charge >= 0.3 is 5.97 Å². The standard InChI is InChI=1S/C25H29N3O4/c1-3-27-14-16-28(17-15-27)24(30)18-20-6-11-22(12-7-20)26-23(29)13-8-19-4-9-21(10-5-19)25(31)32-2/h4-13H,3,14-18H2,1-2H3,(H,26,29)/b13-8+. The Morgan fingerprint density at radius 2 is 1.62 bits per heavy atom. The first kappa shape index (κ1) is 23.2. The maximum absolute atomic E-state index is 12.5. The molecule has 0 spiro atoms. The van der Waals surface area contributed by atoms with Crippen LogP contribution in [0.4, 0.5) is 5.69 Å². The van der Waals surface area contributed by atoms with Crippen molar-refractivity contribution >= 4 is 29.5 Å². The summed E-state index contributed by atoms with van der Waals surface area (Å²) >= 11 is 0. The zero-order valence-corrected chi connectivity index (χ0v) is 18.5. The summed E-state index contributed by atoms with van der Waals surface area (Å²) in [4.78, 5) is 40.4. The molecule has 2 aromatic rings. The Bertz CT molecular complexity index is 960. The molecule has 0 aromatic heterocycles. The van der Waals surface area contributed by atoms with Gasteiger partial charge in [-0.15, -0.1) is 0 Å². The molecule has 7 heteroatoms. The number of anilines is 1. The summed E-state index contributed by atoms with van der Waals surface area (Å²) in [6, 6.07) is 14.1. The van der Waals surface area contributed by atoms with E-state index in [1.165, 1.54) is 13.2 Å². The molecule has 0 aliphatic carbocycles. The van der Waals surface area contributed by atoms with Crippen molar-refractivity contribution in [1.29, 1.82) is 0 Å². The molecular weight excluding hydrogens is 406 g/mol. The smallest absolute Gasteiger partial charge is 0.337 e. The summed E-state index contributed by atoms with van der Waals surface area (Å²) in [5.41, 5.74) is 2.83. The lowest BCUT2D eigenvalue weighted by atomic mass is 10.1. The summed E-state index contributed by atoms with van der Waals surface area (Å²) in [5, 5.41) is 2.81. The van der Waals surface area contributed by atoms with Gasteiger partial charge in [-0.3, -0.25) is 9.59 Å². The van der Waals surface area contributed by atoms with Gasteiger partial charge in [-0.2, -0.15) is 0 Å². The average Bonchev–Trinajstić information content (AvgIpc) is 2.83. The van der Waals surface area contributed by atoms with Crippen LogP contribution in [0.25, 0.3) is 6.08 Å². The Morgan fingerprint density at radius 1 is 0.969 bits per heavy atom. The Hall–Kier alpha value is -3.45. The molecule has 1 saturated heterocycles. The van der Waals surface area contributed by atoms with Gasteiger partial charge < -0.3 is 19.9 Å². The highest BCUT2D eigenvalue weighted by molar-refractivity contribution is 6.02. The lowest BCUT2D eigenvalue weighted by Gasteiger charge is -2.34. The number of likely N-dealkylation sites (N-methyl/N-ethyl adjacent to an activating group) is 1. The zero-order chi connectivity index (χ0) is 22.9. The second-order valence-electron chi connectivity index (χ2n) is 7.62. The fourth-order valence-corrected chi connectivity index (χ4v) is 3.51. The van der Waals surface area contributed by atoms with E-state index >= 15 is 0 Å². The van der Waals surface area contributed by atoms with Crippen LogP contribution in [-0.2, 0) is 20.7 Å². The number of carbonyl (C=O) groups is 3. The second-order valence-corrected chi connectivity index (χ2v) is 7.62. The molecule has 0 bridgehead atoms. The van der Waals surface area contributed by atoms with Crippen molar-refractivity contribution in [2.45, 2.75) is 13.3 Å². The van der Waals surface area contributed by atoms with Crippen LogP contribution >= 0.6 is 0 Å². The van der Waals surface area contributed by atoms with E-state index in [4.69, 9.17) is 0 Å². The number of amides is 2. The summed E-state index contributed by atoms with van der Waals surface area (Å²) in [6.07, 6.45) is 3.46. The minimum atomic E-state index is -0.400. The lowest BCUT2D eigenvalue weighted by molar-refractivity contribution is -0.132. The van der Waals surface area contributed by atoms with Crippen molar-refractivity contribution in [3.63, 3.8) is 0 Å². The number of hydrogen-bond donors (Lipinski definition) is 1. The van der Waals surface area contributed by atoms with Crippen molar-refractivity contribution < 1.29 is 19.1 Å². The van der Waals surface area contributed by atoms with Crippen LogP contribution in [0.15, 0.2) is 54.6 Å². The molecule has 1 aliphatic heterocycles. The largest absolute Gasteiger partial charge is 0.465 e. The van der Waals surface area contributed by atoms with Gasteiger partial charge in [-0.1, -0.05) is 31.2 Å². The first-order valence-electron chi connectivity index (χ1n) is 10.7. The maximum atomic E-state index is 12.5. The summed E-state index contributed by atoms with van der Waals surface area (Å²) in [6.45, 7) is 6.56. The Balaban J connectivity index is 1.48. The van der Waals surface area contributed by atoms with Crippen LogP contribution in [0.3, 0.4) is 0 Å². The van der Waals surface area contributed by atoms with Crippen molar-refractivity contribution in [3.05, 3.63) is 71.3 Å². The van der Waals surface area contributed by atoms with Gasteiger partial charge in [-0.25, -0.2) is 4.79 Å². The van der Waals surface area contributed by atoms with Gasteiger partial charge in [-0.05, 0) is 48.0 Å². The topological polar surface area (TPSA) is 79.0 Å². The molecule has 0 radical (unpaired) electrons. The number of hydrogen-bond acceptors (Lipinski definition) is 5. The summed E-state index contributed by atoms with van der Waals surface area (Å²) in [5.74, 6) is -0.527. The monoisotopic (exact) mass is 435 g/mol. The number of piperazine rings is 1. The highest BCUT2D eigenvalue weighted by Crippen LogP contribution is 2.13. The van der Waals surface area contributed by atoms with E-state index in [-0.39, 0.29) is 11.8 Å². The number of ether oxygens (including phenoxy) is 1. The van der Waals surface area contributed by atoms with Gasteiger partial charge in [0.2, 0.25) is 11.8 Å². The molecule has 168 valence electrons. The van der Waals surface area contributed by atoms with Gasteiger partial charge in [0.05, 0.1) is 19.1 Å². The van der Waals surface area contributed by atoms with E-state index in [2.05, 4.69) is 21.9 Å². The van der Waals surface area contributed by atoms with Crippen LogP contribution in [0.5, 0.6) is 0 Å². The molecule has 7 nitrogen and oxygen atoms in total. The lowest BCUT2D eigenvalue weighted by Crippen LogP contribution is -2.48. The molecule has 32 heavy (non-hydrogen) atoms. The number of carbonyl (C=O) groups excluding carboxylic acids is 3. The van der Waals surface area contributed by atoms with Gasteiger partial charge in [0.15, 0.2) is 0 Å². The third kappa shape index (κ3) is 6.52. The van der Waals surface area contributed by atoms with Gasteiger partial charge in [0.25, 0.3) is 0 Å². The maximum Gasteiger partial charge on any atom is 0.337 e. The second kappa shape index (κ2) is 11.2. The fourth-order valence-electron chi connectivity index (χ4n) is 3.51. The molecular formula is C25H29N3O4. The zero-order valence-electron chi connectivity index (χ0n) is 18.5. The number of benzene rings is 2. The Kier molecular flexibility index (Phi) is 8.16. The third-order valence-electron chi connectivity index (χ3n) is 5.51. The molecule has 1 aliphatic rings. The molecule has 2 amide bonds. The van der Waals surface area contributed by atoms with Crippen LogP contribution in [0.1, 0.15) is 28.4 Å². The van der Waals surface area contributed by atoms with Gasteiger partial charge in [0.1, 0.15) is 0 Å². The summed E-state index contributed by atoms with van der Waals surface area (Å²) < 4.78 is 4.67. The first-order chi connectivity index (χ1) is 15.5. The van der Waals surface area contributed by atoms with Crippen LogP contribution in [0.2, 0.25) is 0 Å². The summed E-state index contributed by atoms with van der Waals surface area (Å²) in [7, 11) is 1.33. The minimum Gasteiger partial charge on any atom is -0.465 e. The molecule has 0 unspecified atom stereocenters. The minimum absolute atomic E-state index is 0.138.